The number of anilines is 1. The van der Waals surface area contributed by atoms with E-state index in [1.807, 2.05) is 0 Å². The van der Waals surface area contributed by atoms with Crippen molar-refractivity contribution in [3.05, 3.63) is 64.4 Å². The summed E-state index contributed by atoms with van der Waals surface area (Å²) in [6.07, 6.45) is 0. The van der Waals surface area contributed by atoms with Gasteiger partial charge in [0, 0.05) is 5.69 Å². The molecule has 92 valence electrons. The lowest BCUT2D eigenvalue weighted by molar-refractivity contribution is 0.102. The minimum absolute atomic E-state index is 0.355. The SMILES string of the molecule is Cc1ccc(NC(=O)c2ccccc2Cl)cc1F. The highest BCUT2D eigenvalue weighted by Gasteiger charge is 2.10. The van der Waals surface area contributed by atoms with Gasteiger partial charge in [-0.15, -0.1) is 0 Å². The van der Waals surface area contributed by atoms with E-state index in [-0.39, 0.29) is 11.7 Å². The van der Waals surface area contributed by atoms with Crippen LogP contribution < -0.4 is 5.32 Å². The molecule has 0 saturated carbocycles. The summed E-state index contributed by atoms with van der Waals surface area (Å²) in [5.41, 5.74) is 1.30. The van der Waals surface area contributed by atoms with Crippen LogP contribution in [0.4, 0.5) is 10.1 Å². The van der Waals surface area contributed by atoms with Gasteiger partial charge in [0.2, 0.25) is 0 Å². The maximum atomic E-state index is 13.3. The van der Waals surface area contributed by atoms with E-state index in [4.69, 9.17) is 11.6 Å². The van der Waals surface area contributed by atoms with Crippen LogP contribution in [0.15, 0.2) is 42.5 Å². The molecule has 2 aromatic rings. The van der Waals surface area contributed by atoms with E-state index in [2.05, 4.69) is 5.32 Å². The van der Waals surface area contributed by atoms with Crippen LogP contribution in [0.25, 0.3) is 0 Å². The second-order valence-corrected chi connectivity index (χ2v) is 4.31. The Balaban J connectivity index is 2.22. The van der Waals surface area contributed by atoms with Gasteiger partial charge in [0.05, 0.1) is 10.6 Å². The first-order valence-electron chi connectivity index (χ1n) is 5.40. The summed E-state index contributed by atoms with van der Waals surface area (Å²) in [5, 5.41) is 2.97. The normalized spacial score (nSPS) is 10.2. The van der Waals surface area contributed by atoms with E-state index in [9.17, 15) is 9.18 Å². The average molecular weight is 264 g/mol. The molecule has 0 saturated heterocycles. The quantitative estimate of drug-likeness (QED) is 0.870. The molecule has 0 heterocycles. The second kappa shape index (κ2) is 5.19. The number of halogens is 2. The third-order valence-corrected chi connectivity index (χ3v) is 2.88. The Morgan fingerprint density at radius 2 is 1.94 bits per heavy atom. The first-order valence-corrected chi connectivity index (χ1v) is 5.78. The molecule has 0 radical (unpaired) electrons. The summed E-state index contributed by atoms with van der Waals surface area (Å²) in [5.74, 6) is -0.712. The number of amides is 1. The molecular formula is C14H11ClFNO. The number of hydrogen-bond donors (Lipinski definition) is 1. The number of benzene rings is 2. The van der Waals surface area contributed by atoms with Crippen LogP contribution >= 0.6 is 11.6 Å². The lowest BCUT2D eigenvalue weighted by Gasteiger charge is -2.07. The van der Waals surface area contributed by atoms with E-state index >= 15 is 0 Å². The predicted molar refractivity (Wildman–Crippen MR) is 70.5 cm³/mol. The van der Waals surface area contributed by atoms with Crippen molar-refractivity contribution in [2.24, 2.45) is 0 Å². The molecule has 0 aliphatic carbocycles. The van der Waals surface area contributed by atoms with E-state index in [1.54, 1.807) is 43.3 Å². The third-order valence-electron chi connectivity index (χ3n) is 2.55. The number of nitrogens with one attached hydrogen (secondary N) is 1. The van der Waals surface area contributed by atoms with Crippen molar-refractivity contribution in [1.82, 2.24) is 0 Å². The van der Waals surface area contributed by atoms with Crippen LogP contribution in [0.5, 0.6) is 0 Å². The zero-order valence-corrected chi connectivity index (χ0v) is 10.5. The molecule has 0 bridgehead atoms. The van der Waals surface area contributed by atoms with Crippen LogP contribution in [-0.2, 0) is 0 Å². The van der Waals surface area contributed by atoms with Gasteiger partial charge >= 0.3 is 0 Å². The van der Waals surface area contributed by atoms with Crippen LogP contribution in [0.2, 0.25) is 5.02 Å². The third kappa shape index (κ3) is 2.68. The summed E-state index contributed by atoms with van der Waals surface area (Å²) in [7, 11) is 0. The fraction of sp³-hybridized carbons (Fsp3) is 0.0714. The van der Waals surface area contributed by atoms with Gasteiger partial charge < -0.3 is 5.32 Å². The van der Waals surface area contributed by atoms with Crippen molar-refractivity contribution in [2.75, 3.05) is 5.32 Å². The van der Waals surface area contributed by atoms with Gasteiger partial charge in [0.25, 0.3) is 5.91 Å². The summed E-state index contributed by atoms with van der Waals surface area (Å²) in [6, 6.07) is 11.2. The Morgan fingerprint density at radius 3 is 2.61 bits per heavy atom. The van der Waals surface area contributed by atoms with Crippen molar-refractivity contribution in [2.45, 2.75) is 6.92 Å². The molecule has 18 heavy (non-hydrogen) atoms. The molecule has 0 unspecified atom stereocenters. The number of aryl methyl sites for hydroxylation is 1. The molecule has 0 spiro atoms. The maximum Gasteiger partial charge on any atom is 0.257 e. The van der Waals surface area contributed by atoms with Gasteiger partial charge in [-0.2, -0.15) is 0 Å². The Bertz CT molecular complexity index is 598. The van der Waals surface area contributed by atoms with Crippen LogP contribution in [0.3, 0.4) is 0 Å². The average Bonchev–Trinajstić information content (AvgIpc) is 2.34. The molecule has 0 aliphatic heterocycles. The summed E-state index contributed by atoms with van der Waals surface area (Å²) >= 11 is 5.91. The molecule has 1 amide bonds. The minimum atomic E-state index is -0.358. The number of carbonyl (C=O) groups is 1. The molecule has 2 nitrogen and oxygen atoms in total. The molecular weight excluding hydrogens is 253 g/mol. The standard InChI is InChI=1S/C14H11ClFNO/c1-9-6-7-10(8-13(9)16)17-14(18)11-4-2-3-5-12(11)15/h2-8H,1H3,(H,17,18). The smallest absolute Gasteiger partial charge is 0.257 e. The van der Waals surface area contributed by atoms with Gasteiger partial charge in [-0.3, -0.25) is 4.79 Å². The first kappa shape index (κ1) is 12.6. The number of hydrogen-bond acceptors (Lipinski definition) is 1. The Labute approximate surface area is 109 Å². The summed E-state index contributed by atoms with van der Waals surface area (Å²) in [6.45, 7) is 1.66. The van der Waals surface area contributed by atoms with E-state index in [1.165, 1.54) is 6.07 Å². The first-order chi connectivity index (χ1) is 8.58. The monoisotopic (exact) mass is 263 g/mol. The van der Waals surface area contributed by atoms with E-state index < -0.39 is 0 Å². The molecule has 2 aromatic carbocycles. The second-order valence-electron chi connectivity index (χ2n) is 3.90. The van der Waals surface area contributed by atoms with Crippen molar-refractivity contribution in [3.63, 3.8) is 0 Å². The molecule has 0 atom stereocenters. The molecule has 2 rings (SSSR count). The molecule has 0 fully saturated rings. The van der Waals surface area contributed by atoms with Gasteiger partial charge in [-0.1, -0.05) is 29.8 Å². The van der Waals surface area contributed by atoms with Crippen LogP contribution in [-0.4, -0.2) is 5.91 Å². The highest BCUT2D eigenvalue weighted by atomic mass is 35.5. The highest BCUT2D eigenvalue weighted by molar-refractivity contribution is 6.34. The van der Waals surface area contributed by atoms with Crippen molar-refractivity contribution in [3.8, 4) is 0 Å². The Morgan fingerprint density at radius 1 is 1.22 bits per heavy atom. The van der Waals surface area contributed by atoms with Gasteiger partial charge in [0.15, 0.2) is 0 Å². The topological polar surface area (TPSA) is 29.1 Å². The van der Waals surface area contributed by atoms with Crippen molar-refractivity contribution < 1.29 is 9.18 Å². The fourth-order valence-corrected chi connectivity index (χ4v) is 1.74. The zero-order valence-electron chi connectivity index (χ0n) is 9.71. The highest BCUT2D eigenvalue weighted by Crippen LogP contribution is 2.18. The molecule has 1 N–H and O–H groups in total. The largest absolute Gasteiger partial charge is 0.322 e. The van der Waals surface area contributed by atoms with Crippen molar-refractivity contribution in [1.29, 1.82) is 0 Å². The minimum Gasteiger partial charge on any atom is -0.322 e. The summed E-state index contributed by atoms with van der Waals surface area (Å²) < 4.78 is 13.3. The van der Waals surface area contributed by atoms with Crippen LogP contribution in [0.1, 0.15) is 15.9 Å². The Hall–Kier alpha value is -1.87. The van der Waals surface area contributed by atoms with Crippen molar-refractivity contribution >= 4 is 23.2 Å². The van der Waals surface area contributed by atoms with E-state index in [0.29, 0.717) is 21.8 Å². The lowest BCUT2D eigenvalue weighted by Crippen LogP contribution is -2.12. The lowest BCUT2D eigenvalue weighted by atomic mass is 10.2. The predicted octanol–water partition coefficient (Wildman–Crippen LogP) is 4.04. The summed E-state index contributed by atoms with van der Waals surface area (Å²) in [4.78, 5) is 11.9. The van der Waals surface area contributed by atoms with Crippen LogP contribution in [0, 0.1) is 12.7 Å². The Kier molecular flexibility index (Phi) is 3.63. The number of carbonyl (C=O) groups excluding carboxylic acids is 1. The van der Waals surface area contributed by atoms with Gasteiger partial charge in [-0.05, 0) is 36.8 Å². The van der Waals surface area contributed by atoms with Gasteiger partial charge in [0.1, 0.15) is 5.82 Å². The molecule has 0 aromatic heterocycles. The maximum absolute atomic E-state index is 13.3. The number of rotatable bonds is 2. The molecule has 0 aliphatic rings. The fourth-order valence-electron chi connectivity index (χ4n) is 1.51. The zero-order chi connectivity index (χ0) is 13.1. The van der Waals surface area contributed by atoms with E-state index in [0.717, 1.165) is 0 Å². The molecule has 4 heteroatoms. The van der Waals surface area contributed by atoms with Gasteiger partial charge in [-0.25, -0.2) is 4.39 Å².